The molecule has 0 spiro atoms. The number of aromatic nitrogens is 2. The van der Waals surface area contributed by atoms with E-state index in [1.165, 1.54) is 11.3 Å². The van der Waals surface area contributed by atoms with Gasteiger partial charge in [-0.15, -0.1) is 0 Å². The molecule has 0 bridgehead atoms. The van der Waals surface area contributed by atoms with Crippen molar-refractivity contribution in [1.82, 2.24) is 10.2 Å². The molecule has 0 aliphatic carbocycles. The summed E-state index contributed by atoms with van der Waals surface area (Å²) in [5.41, 5.74) is 2.48. The molecule has 2 N–H and O–H groups in total. The van der Waals surface area contributed by atoms with E-state index in [0.717, 1.165) is 18.8 Å². The molecule has 1 aromatic rings. The predicted molar refractivity (Wildman–Crippen MR) is 56.0 cm³/mol. The topological polar surface area (TPSA) is 40.7 Å². The quantitative estimate of drug-likeness (QED) is 0.748. The third-order valence-electron chi connectivity index (χ3n) is 2.11. The summed E-state index contributed by atoms with van der Waals surface area (Å²) in [7, 11) is 0. The Bertz CT molecular complexity index is 263. The summed E-state index contributed by atoms with van der Waals surface area (Å²) in [5, 5.41) is 10.6. The van der Waals surface area contributed by atoms with E-state index in [1.54, 1.807) is 0 Å². The van der Waals surface area contributed by atoms with Crippen LogP contribution in [0.2, 0.25) is 0 Å². The normalized spacial score (nSPS) is 10.8. The first-order valence-corrected chi connectivity index (χ1v) is 4.92. The van der Waals surface area contributed by atoms with Crippen LogP contribution < -0.4 is 5.32 Å². The summed E-state index contributed by atoms with van der Waals surface area (Å²) in [6.45, 7) is 9.58. The molecule has 0 aliphatic heterocycles. The van der Waals surface area contributed by atoms with Crippen LogP contribution in [0.1, 0.15) is 32.0 Å². The van der Waals surface area contributed by atoms with Crippen molar-refractivity contribution in [1.29, 1.82) is 0 Å². The van der Waals surface area contributed by atoms with Crippen LogP contribution in [-0.4, -0.2) is 16.7 Å². The number of H-pyrrole nitrogens is 1. The van der Waals surface area contributed by atoms with Gasteiger partial charge in [-0.05, 0) is 19.3 Å². The third-order valence-corrected chi connectivity index (χ3v) is 2.11. The number of rotatable bonds is 4. The average molecular weight is 181 g/mol. The largest absolute Gasteiger partial charge is 0.368 e. The van der Waals surface area contributed by atoms with Crippen molar-refractivity contribution in [2.24, 2.45) is 5.92 Å². The van der Waals surface area contributed by atoms with Gasteiger partial charge >= 0.3 is 0 Å². The Balaban J connectivity index is 2.65. The number of nitrogens with one attached hydrogen (secondary N) is 2. The molecular formula is C10H19N3. The maximum Gasteiger partial charge on any atom is 0.151 e. The van der Waals surface area contributed by atoms with Crippen molar-refractivity contribution in [3.8, 4) is 0 Å². The van der Waals surface area contributed by atoms with E-state index in [-0.39, 0.29) is 0 Å². The molecular weight excluding hydrogens is 162 g/mol. The van der Waals surface area contributed by atoms with Crippen molar-refractivity contribution >= 4 is 5.82 Å². The fraction of sp³-hybridized carbons (Fsp3) is 0.700. The summed E-state index contributed by atoms with van der Waals surface area (Å²) < 4.78 is 0. The highest BCUT2D eigenvalue weighted by atomic mass is 15.2. The van der Waals surface area contributed by atoms with Crippen LogP contribution in [0, 0.1) is 12.8 Å². The molecule has 1 rings (SSSR count). The Morgan fingerprint density at radius 1 is 1.46 bits per heavy atom. The van der Waals surface area contributed by atoms with Crippen molar-refractivity contribution < 1.29 is 0 Å². The van der Waals surface area contributed by atoms with E-state index in [0.29, 0.717) is 5.92 Å². The van der Waals surface area contributed by atoms with Crippen molar-refractivity contribution in [3.05, 3.63) is 11.3 Å². The minimum Gasteiger partial charge on any atom is -0.368 e. The Morgan fingerprint density at radius 3 is 2.69 bits per heavy atom. The lowest BCUT2D eigenvalue weighted by molar-refractivity contribution is 0.686. The molecule has 13 heavy (non-hydrogen) atoms. The van der Waals surface area contributed by atoms with Gasteiger partial charge in [0.1, 0.15) is 0 Å². The Kier molecular flexibility index (Phi) is 3.34. The zero-order chi connectivity index (χ0) is 9.84. The van der Waals surface area contributed by atoms with E-state index in [1.807, 2.05) is 0 Å². The predicted octanol–water partition coefficient (Wildman–Crippen LogP) is 2.35. The second-order valence-corrected chi connectivity index (χ2v) is 3.80. The molecule has 3 heteroatoms. The second kappa shape index (κ2) is 4.30. The highest BCUT2D eigenvalue weighted by molar-refractivity contribution is 5.46. The summed E-state index contributed by atoms with van der Waals surface area (Å²) in [5.74, 6) is 1.68. The zero-order valence-electron chi connectivity index (χ0n) is 8.94. The van der Waals surface area contributed by atoms with Gasteiger partial charge in [0.05, 0.1) is 0 Å². The first-order chi connectivity index (χ1) is 6.15. The summed E-state index contributed by atoms with van der Waals surface area (Å²) in [6, 6.07) is 0. The molecule has 0 aromatic carbocycles. The van der Waals surface area contributed by atoms with Gasteiger partial charge < -0.3 is 5.32 Å². The first kappa shape index (κ1) is 10.1. The van der Waals surface area contributed by atoms with Gasteiger partial charge in [-0.2, -0.15) is 5.10 Å². The highest BCUT2D eigenvalue weighted by Crippen LogP contribution is 2.16. The van der Waals surface area contributed by atoms with Gasteiger partial charge in [-0.25, -0.2) is 0 Å². The van der Waals surface area contributed by atoms with Gasteiger partial charge in [-0.3, -0.25) is 5.10 Å². The van der Waals surface area contributed by atoms with Crippen LogP contribution in [-0.2, 0) is 6.42 Å². The highest BCUT2D eigenvalue weighted by Gasteiger charge is 2.07. The lowest BCUT2D eigenvalue weighted by Crippen LogP contribution is -2.09. The van der Waals surface area contributed by atoms with Crippen LogP contribution in [0.4, 0.5) is 5.82 Å². The minimum atomic E-state index is 0.654. The SMILES string of the molecule is CCc1c(NCC(C)C)n[nH]c1C. The molecule has 0 radical (unpaired) electrons. The monoisotopic (exact) mass is 181 g/mol. The summed E-state index contributed by atoms with van der Waals surface area (Å²) >= 11 is 0. The second-order valence-electron chi connectivity index (χ2n) is 3.80. The standard InChI is InChI=1S/C10H19N3/c1-5-9-8(4)12-13-10(9)11-6-7(2)3/h7H,5-6H2,1-4H3,(H2,11,12,13). The van der Waals surface area contributed by atoms with Crippen LogP contribution in [0.5, 0.6) is 0 Å². The molecule has 0 fully saturated rings. The van der Waals surface area contributed by atoms with E-state index in [9.17, 15) is 0 Å². The molecule has 1 heterocycles. The molecule has 0 atom stereocenters. The molecule has 74 valence electrons. The van der Waals surface area contributed by atoms with Gasteiger partial charge in [0, 0.05) is 17.8 Å². The fourth-order valence-corrected chi connectivity index (χ4v) is 1.33. The van der Waals surface area contributed by atoms with Crippen LogP contribution in [0.3, 0.4) is 0 Å². The molecule has 0 saturated carbocycles. The summed E-state index contributed by atoms with van der Waals surface area (Å²) in [4.78, 5) is 0. The van der Waals surface area contributed by atoms with E-state index in [4.69, 9.17) is 0 Å². The van der Waals surface area contributed by atoms with Crippen LogP contribution in [0.15, 0.2) is 0 Å². The number of hydrogen-bond acceptors (Lipinski definition) is 2. The first-order valence-electron chi connectivity index (χ1n) is 4.92. The van der Waals surface area contributed by atoms with Crippen LogP contribution >= 0.6 is 0 Å². The number of aromatic amines is 1. The van der Waals surface area contributed by atoms with E-state index >= 15 is 0 Å². The van der Waals surface area contributed by atoms with Gasteiger partial charge in [0.25, 0.3) is 0 Å². The van der Waals surface area contributed by atoms with Crippen molar-refractivity contribution in [3.63, 3.8) is 0 Å². The number of anilines is 1. The van der Waals surface area contributed by atoms with E-state index < -0.39 is 0 Å². The van der Waals surface area contributed by atoms with Gasteiger partial charge in [0.2, 0.25) is 0 Å². The average Bonchev–Trinajstić information content (AvgIpc) is 2.42. The minimum absolute atomic E-state index is 0.654. The van der Waals surface area contributed by atoms with Gasteiger partial charge in [0.15, 0.2) is 5.82 Å². The molecule has 0 amide bonds. The Morgan fingerprint density at radius 2 is 2.15 bits per heavy atom. The smallest absolute Gasteiger partial charge is 0.151 e. The number of hydrogen-bond donors (Lipinski definition) is 2. The lowest BCUT2D eigenvalue weighted by atomic mass is 10.2. The Labute approximate surface area is 79.9 Å². The number of aryl methyl sites for hydroxylation is 1. The summed E-state index contributed by atoms with van der Waals surface area (Å²) in [6.07, 6.45) is 1.03. The molecule has 1 aromatic heterocycles. The molecule has 0 unspecified atom stereocenters. The van der Waals surface area contributed by atoms with Crippen LogP contribution in [0.25, 0.3) is 0 Å². The lowest BCUT2D eigenvalue weighted by Gasteiger charge is -2.07. The molecule has 0 saturated heterocycles. The fourth-order valence-electron chi connectivity index (χ4n) is 1.33. The van der Waals surface area contributed by atoms with E-state index in [2.05, 4.69) is 43.2 Å². The zero-order valence-corrected chi connectivity index (χ0v) is 8.94. The van der Waals surface area contributed by atoms with Crippen molar-refractivity contribution in [2.75, 3.05) is 11.9 Å². The van der Waals surface area contributed by atoms with Crippen molar-refractivity contribution in [2.45, 2.75) is 34.1 Å². The third kappa shape index (κ3) is 2.47. The van der Waals surface area contributed by atoms with Gasteiger partial charge in [-0.1, -0.05) is 20.8 Å². The maximum atomic E-state index is 4.22. The molecule has 0 aliphatic rings. The Hall–Kier alpha value is -0.990. The maximum absolute atomic E-state index is 4.22. The number of nitrogens with zero attached hydrogens (tertiary/aromatic N) is 1. The molecule has 3 nitrogen and oxygen atoms in total.